The lowest BCUT2D eigenvalue weighted by molar-refractivity contribution is -0.124. The second-order valence-corrected chi connectivity index (χ2v) is 5.43. The van der Waals surface area contributed by atoms with Crippen molar-refractivity contribution in [1.82, 2.24) is 25.9 Å². The van der Waals surface area contributed by atoms with Gasteiger partial charge >= 0.3 is 0 Å². The number of carbonyl (C=O) groups is 1. The summed E-state index contributed by atoms with van der Waals surface area (Å²) in [7, 11) is 0. The zero-order chi connectivity index (χ0) is 15.2. The fourth-order valence-corrected chi connectivity index (χ4v) is 2.73. The molecule has 1 aliphatic rings. The first-order chi connectivity index (χ1) is 10.8. The minimum absolute atomic E-state index is 0.0207. The summed E-state index contributed by atoms with van der Waals surface area (Å²) in [6, 6.07) is 12.0. The molecule has 1 fully saturated rings. The van der Waals surface area contributed by atoms with Gasteiger partial charge < -0.3 is 5.32 Å². The third-order valence-electron chi connectivity index (χ3n) is 3.90. The molecule has 1 amide bonds. The van der Waals surface area contributed by atoms with Gasteiger partial charge in [-0.05, 0) is 18.1 Å². The van der Waals surface area contributed by atoms with Gasteiger partial charge in [-0.15, -0.1) is 0 Å². The van der Waals surface area contributed by atoms with Gasteiger partial charge in [0, 0.05) is 32.0 Å². The fourth-order valence-electron chi connectivity index (χ4n) is 2.73. The number of benzene rings is 1. The predicted molar refractivity (Wildman–Crippen MR) is 83.7 cm³/mol. The molecule has 0 aliphatic carbocycles. The van der Waals surface area contributed by atoms with Crippen molar-refractivity contribution in [2.45, 2.75) is 19.0 Å². The van der Waals surface area contributed by atoms with Crippen molar-refractivity contribution in [3.8, 4) is 0 Å². The molecule has 2 aromatic rings. The Morgan fingerprint density at radius 3 is 2.95 bits per heavy atom. The predicted octanol–water partition coefficient (Wildman–Crippen LogP) is 0.855. The van der Waals surface area contributed by atoms with E-state index in [0.717, 1.165) is 18.5 Å². The molecule has 0 spiro atoms. The molecule has 2 unspecified atom stereocenters. The van der Waals surface area contributed by atoms with Crippen LogP contribution in [0.1, 0.15) is 18.0 Å². The molecule has 1 saturated heterocycles. The van der Waals surface area contributed by atoms with Gasteiger partial charge in [0.1, 0.15) is 0 Å². The minimum atomic E-state index is -0.0906. The third kappa shape index (κ3) is 3.52. The number of nitrogens with zero attached hydrogens (tertiary/aromatic N) is 2. The van der Waals surface area contributed by atoms with Crippen LogP contribution in [-0.4, -0.2) is 28.8 Å². The maximum Gasteiger partial charge on any atom is 0.226 e. The molecule has 1 aromatic heterocycles. The molecule has 1 aromatic carbocycles. The molecule has 6 heteroatoms. The number of carbonyl (C=O) groups excluding carboxylic acids is 1. The number of aromatic nitrogens is 2. The summed E-state index contributed by atoms with van der Waals surface area (Å²) in [5.74, 6) is -0.000998. The van der Waals surface area contributed by atoms with E-state index >= 15 is 0 Å². The Hall–Kier alpha value is -2.18. The minimum Gasteiger partial charge on any atom is -0.356 e. The molecule has 116 valence electrons. The number of aryl methyl sites for hydroxylation is 1. The van der Waals surface area contributed by atoms with Crippen LogP contribution in [0.15, 0.2) is 48.8 Å². The van der Waals surface area contributed by atoms with Gasteiger partial charge in [0.15, 0.2) is 0 Å². The third-order valence-corrected chi connectivity index (χ3v) is 3.90. The summed E-state index contributed by atoms with van der Waals surface area (Å²) >= 11 is 0. The number of amides is 1. The summed E-state index contributed by atoms with van der Waals surface area (Å²) in [6.07, 6.45) is 4.56. The molecule has 0 saturated carbocycles. The zero-order valence-electron chi connectivity index (χ0n) is 12.4. The van der Waals surface area contributed by atoms with Crippen molar-refractivity contribution in [2.24, 2.45) is 5.92 Å². The number of nitrogens with one attached hydrogen (secondary N) is 3. The van der Waals surface area contributed by atoms with Gasteiger partial charge in [0.2, 0.25) is 5.91 Å². The van der Waals surface area contributed by atoms with Crippen LogP contribution in [0.25, 0.3) is 0 Å². The standard InChI is InChI=1S/C16H21N5O/c22-16(17-8-4-10-21-11-5-9-19-21)14-12-18-20-15(14)13-6-2-1-3-7-13/h1-3,5-7,9,11,14-15,18,20H,4,8,10,12H2,(H,17,22). The van der Waals surface area contributed by atoms with Crippen LogP contribution in [0.3, 0.4) is 0 Å². The summed E-state index contributed by atoms with van der Waals surface area (Å²) < 4.78 is 1.87. The fraction of sp³-hybridized carbons (Fsp3) is 0.375. The number of hydrazine groups is 1. The highest BCUT2D eigenvalue weighted by Crippen LogP contribution is 2.24. The molecule has 22 heavy (non-hydrogen) atoms. The Kier molecular flexibility index (Phi) is 4.82. The highest BCUT2D eigenvalue weighted by Gasteiger charge is 2.33. The van der Waals surface area contributed by atoms with Crippen molar-refractivity contribution < 1.29 is 4.79 Å². The van der Waals surface area contributed by atoms with Gasteiger partial charge in [-0.25, -0.2) is 5.43 Å². The van der Waals surface area contributed by atoms with E-state index < -0.39 is 0 Å². The lowest BCUT2D eigenvalue weighted by Gasteiger charge is -2.18. The normalized spacial score (nSPS) is 20.9. The van der Waals surface area contributed by atoms with Gasteiger partial charge in [-0.1, -0.05) is 30.3 Å². The van der Waals surface area contributed by atoms with Gasteiger partial charge in [-0.3, -0.25) is 14.9 Å². The lowest BCUT2D eigenvalue weighted by atomic mass is 9.94. The zero-order valence-corrected chi connectivity index (χ0v) is 12.4. The molecule has 6 nitrogen and oxygen atoms in total. The molecular weight excluding hydrogens is 278 g/mol. The summed E-state index contributed by atoms with van der Waals surface area (Å²) in [5.41, 5.74) is 7.41. The molecule has 1 aliphatic heterocycles. The number of rotatable bonds is 6. The van der Waals surface area contributed by atoms with Crippen molar-refractivity contribution >= 4 is 5.91 Å². The number of hydrogen-bond acceptors (Lipinski definition) is 4. The second-order valence-electron chi connectivity index (χ2n) is 5.43. The molecule has 0 radical (unpaired) electrons. The average molecular weight is 299 g/mol. The van der Waals surface area contributed by atoms with Crippen LogP contribution in [0.2, 0.25) is 0 Å². The first kappa shape index (κ1) is 14.7. The van der Waals surface area contributed by atoms with Crippen LogP contribution in [0.4, 0.5) is 0 Å². The quantitative estimate of drug-likeness (QED) is 0.692. The number of hydrogen-bond donors (Lipinski definition) is 3. The van der Waals surface area contributed by atoms with Crippen LogP contribution < -0.4 is 16.2 Å². The molecule has 2 atom stereocenters. The van der Waals surface area contributed by atoms with Crippen molar-refractivity contribution in [1.29, 1.82) is 0 Å². The Balaban J connectivity index is 1.48. The van der Waals surface area contributed by atoms with Gasteiger partial charge in [0.25, 0.3) is 0 Å². The van der Waals surface area contributed by atoms with Gasteiger partial charge in [0.05, 0.1) is 12.0 Å². The van der Waals surface area contributed by atoms with Crippen molar-refractivity contribution in [3.05, 3.63) is 54.4 Å². The van der Waals surface area contributed by atoms with Crippen LogP contribution in [0, 0.1) is 5.92 Å². The molecule has 2 heterocycles. The Morgan fingerprint density at radius 2 is 2.18 bits per heavy atom. The molecule has 0 bridgehead atoms. The highest BCUT2D eigenvalue weighted by atomic mass is 16.2. The molecule has 3 rings (SSSR count). The Morgan fingerprint density at radius 1 is 1.32 bits per heavy atom. The maximum absolute atomic E-state index is 12.4. The van der Waals surface area contributed by atoms with Crippen LogP contribution in [-0.2, 0) is 11.3 Å². The average Bonchev–Trinajstić information content (AvgIpc) is 3.23. The summed E-state index contributed by atoms with van der Waals surface area (Å²) in [5, 5.41) is 7.17. The van der Waals surface area contributed by atoms with E-state index in [1.54, 1.807) is 6.20 Å². The van der Waals surface area contributed by atoms with Crippen LogP contribution in [0.5, 0.6) is 0 Å². The smallest absolute Gasteiger partial charge is 0.226 e. The molecular formula is C16H21N5O. The highest BCUT2D eigenvalue weighted by molar-refractivity contribution is 5.80. The monoisotopic (exact) mass is 299 g/mol. The Labute approximate surface area is 129 Å². The van der Waals surface area contributed by atoms with E-state index in [2.05, 4.69) is 21.3 Å². The first-order valence-corrected chi connectivity index (χ1v) is 7.63. The Bertz CT molecular complexity index is 584. The van der Waals surface area contributed by atoms with Crippen molar-refractivity contribution in [2.75, 3.05) is 13.1 Å². The largest absolute Gasteiger partial charge is 0.356 e. The maximum atomic E-state index is 12.4. The van der Waals surface area contributed by atoms with E-state index in [-0.39, 0.29) is 17.9 Å². The van der Waals surface area contributed by atoms with E-state index in [1.807, 2.05) is 47.3 Å². The molecule has 3 N–H and O–H groups in total. The SMILES string of the molecule is O=C(NCCCn1cccn1)C1CNNC1c1ccccc1. The van der Waals surface area contributed by atoms with Crippen LogP contribution >= 0.6 is 0 Å². The summed E-state index contributed by atoms with van der Waals surface area (Å²) in [4.78, 5) is 12.4. The van der Waals surface area contributed by atoms with Crippen molar-refractivity contribution in [3.63, 3.8) is 0 Å². The van der Waals surface area contributed by atoms with E-state index in [4.69, 9.17) is 0 Å². The second kappa shape index (κ2) is 7.20. The van der Waals surface area contributed by atoms with E-state index in [0.29, 0.717) is 13.1 Å². The van der Waals surface area contributed by atoms with Gasteiger partial charge in [-0.2, -0.15) is 5.10 Å². The van der Waals surface area contributed by atoms with E-state index in [9.17, 15) is 4.79 Å². The summed E-state index contributed by atoms with van der Waals surface area (Å²) in [6.45, 7) is 2.12. The van der Waals surface area contributed by atoms with E-state index in [1.165, 1.54) is 0 Å². The lowest BCUT2D eigenvalue weighted by Crippen LogP contribution is -2.35. The topological polar surface area (TPSA) is 71.0 Å². The first-order valence-electron chi connectivity index (χ1n) is 7.63.